The van der Waals surface area contributed by atoms with Crippen molar-refractivity contribution < 1.29 is 17.9 Å². The Kier molecular flexibility index (Phi) is 6.62. The molecule has 0 aliphatic rings. The molecule has 2 aromatic carbocycles. The van der Waals surface area contributed by atoms with Crippen LogP contribution >= 0.6 is 23.2 Å². The summed E-state index contributed by atoms with van der Waals surface area (Å²) in [4.78, 5) is 12.7. The standard InChI is InChI=1S/C18H20Cl2N2O4S/c1-11-5-6-13(19)9-16(11)21-18(23)12(2)22(27(4,24)25)14-7-8-17(26-3)15(20)10-14/h5-10,12H,1-4H3,(H,21,23)/t12-/m1/s1. The maximum Gasteiger partial charge on any atom is 0.248 e. The van der Waals surface area contributed by atoms with Crippen molar-refractivity contribution in [1.82, 2.24) is 0 Å². The summed E-state index contributed by atoms with van der Waals surface area (Å²) in [6.45, 7) is 3.31. The van der Waals surface area contributed by atoms with Gasteiger partial charge in [0.1, 0.15) is 11.8 Å². The molecule has 0 saturated carbocycles. The summed E-state index contributed by atoms with van der Waals surface area (Å²) in [7, 11) is -2.31. The smallest absolute Gasteiger partial charge is 0.248 e. The first-order chi connectivity index (χ1) is 12.5. The molecule has 2 aromatic rings. The van der Waals surface area contributed by atoms with Crippen LogP contribution in [0.2, 0.25) is 10.0 Å². The van der Waals surface area contributed by atoms with Crippen LogP contribution in [-0.2, 0) is 14.8 Å². The monoisotopic (exact) mass is 430 g/mol. The molecule has 0 aliphatic carbocycles. The van der Waals surface area contributed by atoms with E-state index in [4.69, 9.17) is 27.9 Å². The van der Waals surface area contributed by atoms with Crippen LogP contribution in [0.25, 0.3) is 0 Å². The second-order valence-electron chi connectivity index (χ2n) is 6.00. The van der Waals surface area contributed by atoms with Crippen LogP contribution in [0.3, 0.4) is 0 Å². The third-order valence-corrected chi connectivity index (χ3v) is 5.71. The van der Waals surface area contributed by atoms with E-state index >= 15 is 0 Å². The fourth-order valence-electron chi connectivity index (χ4n) is 2.57. The average Bonchev–Trinajstić information content (AvgIpc) is 2.57. The summed E-state index contributed by atoms with van der Waals surface area (Å²) in [5, 5.41) is 3.42. The number of hydrogen-bond acceptors (Lipinski definition) is 4. The number of nitrogens with one attached hydrogen (secondary N) is 1. The first-order valence-electron chi connectivity index (χ1n) is 7.94. The van der Waals surface area contributed by atoms with E-state index < -0.39 is 22.0 Å². The van der Waals surface area contributed by atoms with Gasteiger partial charge in [0.2, 0.25) is 15.9 Å². The molecule has 0 aliphatic heterocycles. The minimum atomic E-state index is -3.76. The zero-order valence-corrected chi connectivity index (χ0v) is 17.6. The van der Waals surface area contributed by atoms with Crippen LogP contribution in [0.1, 0.15) is 12.5 Å². The number of hydrogen-bond donors (Lipinski definition) is 1. The molecule has 0 unspecified atom stereocenters. The summed E-state index contributed by atoms with van der Waals surface area (Å²) in [5.41, 5.74) is 1.58. The first kappa shape index (κ1) is 21.3. The topological polar surface area (TPSA) is 75.7 Å². The fraction of sp³-hybridized carbons (Fsp3) is 0.278. The Balaban J connectivity index is 2.37. The zero-order valence-electron chi connectivity index (χ0n) is 15.3. The molecule has 9 heteroatoms. The molecule has 1 amide bonds. The molecule has 1 atom stereocenters. The minimum absolute atomic E-state index is 0.238. The lowest BCUT2D eigenvalue weighted by Crippen LogP contribution is -2.45. The van der Waals surface area contributed by atoms with Gasteiger partial charge in [-0.05, 0) is 49.7 Å². The Labute approximate surface area is 169 Å². The van der Waals surface area contributed by atoms with E-state index in [9.17, 15) is 13.2 Å². The lowest BCUT2D eigenvalue weighted by Gasteiger charge is -2.28. The number of methoxy groups -OCH3 is 1. The largest absolute Gasteiger partial charge is 0.495 e. The molecule has 0 saturated heterocycles. The molecule has 2 rings (SSSR count). The molecule has 0 bridgehead atoms. The van der Waals surface area contributed by atoms with Gasteiger partial charge in [-0.15, -0.1) is 0 Å². The van der Waals surface area contributed by atoms with Crippen molar-refractivity contribution in [3.63, 3.8) is 0 Å². The van der Waals surface area contributed by atoms with Crippen molar-refractivity contribution in [3.8, 4) is 5.75 Å². The number of anilines is 2. The van der Waals surface area contributed by atoms with Gasteiger partial charge in [-0.3, -0.25) is 9.10 Å². The molecular formula is C18H20Cl2N2O4S. The molecule has 0 aromatic heterocycles. The molecule has 0 radical (unpaired) electrons. The molecule has 0 fully saturated rings. The molecular weight excluding hydrogens is 411 g/mol. The van der Waals surface area contributed by atoms with Crippen molar-refractivity contribution >= 4 is 50.5 Å². The molecule has 1 N–H and O–H groups in total. The number of carbonyl (C=O) groups is 1. The second kappa shape index (κ2) is 8.37. The molecule has 146 valence electrons. The van der Waals surface area contributed by atoms with Crippen LogP contribution in [-0.4, -0.2) is 33.7 Å². The fourth-order valence-corrected chi connectivity index (χ4v) is 4.16. The Morgan fingerprint density at radius 3 is 2.41 bits per heavy atom. The highest BCUT2D eigenvalue weighted by Gasteiger charge is 2.30. The SMILES string of the molecule is COc1ccc(N([C@H](C)C(=O)Nc2cc(Cl)ccc2C)S(C)(=O)=O)cc1Cl. The molecule has 0 spiro atoms. The number of sulfonamides is 1. The summed E-state index contributed by atoms with van der Waals surface area (Å²) in [6, 6.07) is 8.56. The van der Waals surface area contributed by atoms with Gasteiger partial charge in [-0.2, -0.15) is 0 Å². The van der Waals surface area contributed by atoms with Gasteiger partial charge in [0.25, 0.3) is 0 Å². The van der Waals surface area contributed by atoms with Gasteiger partial charge in [0.05, 0.1) is 24.1 Å². The van der Waals surface area contributed by atoms with Gasteiger partial charge in [0, 0.05) is 10.7 Å². The number of benzene rings is 2. The van der Waals surface area contributed by atoms with Gasteiger partial charge >= 0.3 is 0 Å². The number of aryl methyl sites for hydroxylation is 1. The van der Waals surface area contributed by atoms with Crippen LogP contribution in [0.5, 0.6) is 5.75 Å². The van der Waals surface area contributed by atoms with Crippen LogP contribution in [0, 0.1) is 6.92 Å². The van der Waals surface area contributed by atoms with Gasteiger partial charge in [-0.25, -0.2) is 8.42 Å². The van der Waals surface area contributed by atoms with E-state index in [1.165, 1.54) is 26.2 Å². The van der Waals surface area contributed by atoms with E-state index in [1.54, 1.807) is 24.3 Å². The lowest BCUT2D eigenvalue weighted by molar-refractivity contribution is -0.116. The van der Waals surface area contributed by atoms with E-state index in [0.29, 0.717) is 16.5 Å². The van der Waals surface area contributed by atoms with Crippen molar-refractivity contribution in [3.05, 3.63) is 52.0 Å². The number of ether oxygens (including phenoxy) is 1. The van der Waals surface area contributed by atoms with Crippen molar-refractivity contribution in [2.45, 2.75) is 19.9 Å². The summed E-state index contributed by atoms with van der Waals surface area (Å²) in [6.07, 6.45) is 1.03. The van der Waals surface area contributed by atoms with Gasteiger partial charge in [0.15, 0.2) is 0 Å². The summed E-state index contributed by atoms with van der Waals surface area (Å²) >= 11 is 12.1. The predicted molar refractivity (Wildman–Crippen MR) is 110 cm³/mol. The normalized spacial score (nSPS) is 12.4. The predicted octanol–water partition coefficient (Wildman–Crippen LogP) is 4.10. The highest BCUT2D eigenvalue weighted by atomic mass is 35.5. The number of halogens is 2. The number of amides is 1. The third-order valence-electron chi connectivity index (χ3n) is 3.94. The lowest BCUT2D eigenvalue weighted by atomic mass is 10.2. The molecule has 27 heavy (non-hydrogen) atoms. The number of carbonyl (C=O) groups excluding carboxylic acids is 1. The Hall–Kier alpha value is -1.96. The summed E-state index contributed by atoms with van der Waals surface area (Å²) < 4.78 is 30.8. The van der Waals surface area contributed by atoms with E-state index in [0.717, 1.165) is 16.1 Å². The molecule has 0 heterocycles. The Bertz CT molecular complexity index is 964. The number of rotatable bonds is 6. The van der Waals surface area contributed by atoms with E-state index in [2.05, 4.69) is 5.32 Å². The zero-order chi connectivity index (χ0) is 20.4. The highest BCUT2D eigenvalue weighted by Crippen LogP contribution is 2.31. The van der Waals surface area contributed by atoms with Crippen LogP contribution in [0.15, 0.2) is 36.4 Å². The van der Waals surface area contributed by atoms with Gasteiger partial charge in [-0.1, -0.05) is 29.3 Å². The van der Waals surface area contributed by atoms with Crippen LogP contribution in [0.4, 0.5) is 11.4 Å². The Morgan fingerprint density at radius 2 is 1.85 bits per heavy atom. The molecule has 6 nitrogen and oxygen atoms in total. The van der Waals surface area contributed by atoms with E-state index in [1.807, 2.05) is 6.92 Å². The van der Waals surface area contributed by atoms with Crippen molar-refractivity contribution in [2.75, 3.05) is 23.0 Å². The Morgan fingerprint density at radius 1 is 1.19 bits per heavy atom. The van der Waals surface area contributed by atoms with E-state index in [-0.39, 0.29) is 10.7 Å². The highest BCUT2D eigenvalue weighted by molar-refractivity contribution is 7.92. The van der Waals surface area contributed by atoms with Crippen LogP contribution < -0.4 is 14.4 Å². The quantitative estimate of drug-likeness (QED) is 0.747. The maximum absolute atomic E-state index is 12.7. The first-order valence-corrected chi connectivity index (χ1v) is 10.5. The van der Waals surface area contributed by atoms with Crippen molar-refractivity contribution in [1.29, 1.82) is 0 Å². The summed E-state index contributed by atoms with van der Waals surface area (Å²) in [5.74, 6) is -0.0988. The maximum atomic E-state index is 12.7. The number of nitrogens with zero attached hydrogens (tertiary/aromatic N) is 1. The average molecular weight is 431 g/mol. The minimum Gasteiger partial charge on any atom is -0.495 e. The third kappa shape index (κ3) is 5.06. The second-order valence-corrected chi connectivity index (χ2v) is 8.71. The van der Waals surface area contributed by atoms with Crippen molar-refractivity contribution in [2.24, 2.45) is 0 Å². The van der Waals surface area contributed by atoms with Gasteiger partial charge < -0.3 is 10.1 Å².